The number of ether oxygens (including phenoxy) is 1. The Bertz CT molecular complexity index is 613. The number of hydrogen-bond donors (Lipinski definition) is 0. The van der Waals surface area contributed by atoms with E-state index in [4.69, 9.17) is 10.00 Å². The van der Waals surface area contributed by atoms with Gasteiger partial charge in [-0.25, -0.2) is 4.79 Å². The van der Waals surface area contributed by atoms with Crippen molar-refractivity contribution in [1.29, 1.82) is 5.26 Å². The van der Waals surface area contributed by atoms with Crippen molar-refractivity contribution in [2.75, 3.05) is 19.6 Å². The normalized spacial score (nSPS) is 20.3. The molecular formula is C19H27N3O2. The maximum atomic E-state index is 12.2. The van der Waals surface area contributed by atoms with Gasteiger partial charge in [-0.1, -0.05) is 12.1 Å². The van der Waals surface area contributed by atoms with Gasteiger partial charge in [0.1, 0.15) is 5.60 Å². The lowest BCUT2D eigenvalue weighted by Crippen LogP contribution is -2.54. The summed E-state index contributed by atoms with van der Waals surface area (Å²) >= 11 is 0. The Morgan fingerprint density at radius 3 is 2.42 bits per heavy atom. The zero-order valence-corrected chi connectivity index (χ0v) is 15.2. The zero-order valence-electron chi connectivity index (χ0n) is 15.2. The molecule has 1 heterocycles. The highest BCUT2D eigenvalue weighted by molar-refractivity contribution is 5.68. The van der Waals surface area contributed by atoms with Crippen molar-refractivity contribution in [1.82, 2.24) is 9.80 Å². The summed E-state index contributed by atoms with van der Waals surface area (Å²) in [7, 11) is 0. The van der Waals surface area contributed by atoms with Crippen LogP contribution in [0.4, 0.5) is 4.79 Å². The van der Waals surface area contributed by atoms with E-state index in [9.17, 15) is 4.79 Å². The van der Waals surface area contributed by atoms with Crippen molar-refractivity contribution < 1.29 is 9.53 Å². The Morgan fingerprint density at radius 1 is 1.29 bits per heavy atom. The van der Waals surface area contributed by atoms with E-state index in [2.05, 4.69) is 24.8 Å². The highest BCUT2D eigenvalue weighted by atomic mass is 16.6. The molecule has 1 aromatic rings. The number of carbonyl (C=O) groups excluding carboxylic acids is 1. The molecule has 5 nitrogen and oxygen atoms in total. The lowest BCUT2D eigenvalue weighted by Gasteiger charge is -2.43. The molecule has 0 unspecified atom stereocenters. The van der Waals surface area contributed by atoms with Gasteiger partial charge in [0.15, 0.2) is 0 Å². The van der Waals surface area contributed by atoms with Crippen LogP contribution in [0.15, 0.2) is 24.3 Å². The highest BCUT2D eigenvalue weighted by Gasteiger charge is 2.32. The second-order valence-corrected chi connectivity index (χ2v) is 7.42. The standard InChI is InChI=1S/C19H27N3O2/c1-14-13-21(18(23)24-19(3,4)5)10-11-22(14)15(2)17-8-6-16(12-20)7-9-17/h6-9,14-15H,10-11,13H2,1-5H3/t14-,15-/m0/s1. The summed E-state index contributed by atoms with van der Waals surface area (Å²) < 4.78 is 5.47. The Kier molecular flexibility index (Phi) is 5.51. The molecule has 0 radical (unpaired) electrons. The lowest BCUT2D eigenvalue weighted by molar-refractivity contribution is -0.000712. The van der Waals surface area contributed by atoms with Gasteiger partial charge in [0, 0.05) is 31.7 Å². The smallest absolute Gasteiger partial charge is 0.410 e. The fourth-order valence-electron chi connectivity index (χ4n) is 3.07. The molecule has 0 aromatic heterocycles. The van der Waals surface area contributed by atoms with E-state index in [1.165, 1.54) is 5.56 Å². The van der Waals surface area contributed by atoms with Gasteiger partial charge in [0.2, 0.25) is 0 Å². The predicted molar refractivity (Wildman–Crippen MR) is 93.5 cm³/mol. The quantitative estimate of drug-likeness (QED) is 0.832. The van der Waals surface area contributed by atoms with Gasteiger partial charge in [-0.15, -0.1) is 0 Å². The third-order valence-corrected chi connectivity index (χ3v) is 4.35. The van der Waals surface area contributed by atoms with Crippen LogP contribution in [0, 0.1) is 11.3 Å². The molecule has 5 heteroatoms. The molecule has 1 saturated heterocycles. The minimum atomic E-state index is -0.465. The summed E-state index contributed by atoms with van der Waals surface area (Å²) in [5.74, 6) is 0. The van der Waals surface area contributed by atoms with Gasteiger partial charge in [-0.05, 0) is 52.3 Å². The number of carbonyl (C=O) groups is 1. The van der Waals surface area contributed by atoms with Crippen molar-refractivity contribution in [2.45, 2.75) is 52.3 Å². The topological polar surface area (TPSA) is 56.6 Å². The van der Waals surface area contributed by atoms with Gasteiger partial charge < -0.3 is 9.64 Å². The molecule has 1 aromatic carbocycles. The SMILES string of the molecule is C[C@H]1CN(C(=O)OC(C)(C)C)CCN1[C@@H](C)c1ccc(C#N)cc1. The number of amides is 1. The Hall–Kier alpha value is -2.06. The first kappa shape index (κ1) is 18.3. The number of piperazine rings is 1. The monoisotopic (exact) mass is 329 g/mol. The summed E-state index contributed by atoms with van der Waals surface area (Å²) in [6, 6.07) is 10.4. The largest absolute Gasteiger partial charge is 0.444 e. The molecule has 2 rings (SSSR count). The van der Waals surface area contributed by atoms with E-state index in [0.717, 1.165) is 6.54 Å². The van der Waals surface area contributed by atoms with Crippen molar-refractivity contribution >= 4 is 6.09 Å². The van der Waals surface area contributed by atoms with Crippen molar-refractivity contribution in [3.63, 3.8) is 0 Å². The number of nitriles is 1. The second kappa shape index (κ2) is 7.23. The van der Waals surface area contributed by atoms with Gasteiger partial charge >= 0.3 is 6.09 Å². The highest BCUT2D eigenvalue weighted by Crippen LogP contribution is 2.26. The molecule has 24 heavy (non-hydrogen) atoms. The average molecular weight is 329 g/mol. The van der Waals surface area contributed by atoms with E-state index in [-0.39, 0.29) is 18.2 Å². The van der Waals surface area contributed by atoms with Crippen LogP contribution >= 0.6 is 0 Å². The van der Waals surface area contributed by atoms with Gasteiger partial charge in [-0.3, -0.25) is 4.90 Å². The summed E-state index contributed by atoms with van der Waals surface area (Å²) in [4.78, 5) is 16.4. The van der Waals surface area contributed by atoms with Crippen LogP contribution in [0.25, 0.3) is 0 Å². The van der Waals surface area contributed by atoms with Crippen molar-refractivity contribution in [2.24, 2.45) is 0 Å². The number of nitrogens with zero attached hydrogens (tertiary/aromatic N) is 3. The van der Waals surface area contributed by atoms with Crippen LogP contribution in [-0.2, 0) is 4.74 Å². The summed E-state index contributed by atoms with van der Waals surface area (Å²) in [5, 5.41) is 8.91. The fraction of sp³-hybridized carbons (Fsp3) is 0.579. The minimum Gasteiger partial charge on any atom is -0.444 e. The summed E-state index contributed by atoms with van der Waals surface area (Å²) in [6.45, 7) is 12.1. The van der Waals surface area contributed by atoms with Crippen LogP contribution in [0.2, 0.25) is 0 Å². The molecule has 2 atom stereocenters. The lowest BCUT2D eigenvalue weighted by atomic mass is 10.0. The van der Waals surface area contributed by atoms with E-state index >= 15 is 0 Å². The van der Waals surface area contributed by atoms with Crippen LogP contribution in [0.1, 0.15) is 51.8 Å². The van der Waals surface area contributed by atoms with Gasteiger partial charge in [0.05, 0.1) is 11.6 Å². The van der Waals surface area contributed by atoms with E-state index in [1.807, 2.05) is 45.0 Å². The first-order valence-corrected chi connectivity index (χ1v) is 8.45. The molecule has 0 N–H and O–H groups in total. The molecule has 0 bridgehead atoms. The molecule has 0 spiro atoms. The Balaban J connectivity index is 1.99. The fourth-order valence-corrected chi connectivity index (χ4v) is 3.07. The molecule has 0 aliphatic carbocycles. The van der Waals surface area contributed by atoms with Crippen LogP contribution < -0.4 is 0 Å². The van der Waals surface area contributed by atoms with Crippen LogP contribution in [0.3, 0.4) is 0 Å². The molecule has 130 valence electrons. The molecule has 1 amide bonds. The van der Waals surface area contributed by atoms with Crippen molar-refractivity contribution in [3.05, 3.63) is 35.4 Å². The molecule has 1 aliphatic heterocycles. The summed E-state index contributed by atoms with van der Waals surface area (Å²) in [6.07, 6.45) is -0.236. The Morgan fingerprint density at radius 2 is 1.92 bits per heavy atom. The zero-order chi connectivity index (χ0) is 17.9. The second-order valence-electron chi connectivity index (χ2n) is 7.42. The van der Waals surface area contributed by atoms with Gasteiger partial charge in [-0.2, -0.15) is 5.26 Å². The Labute approximate surface area is 144 Å². The van der Waals surface area contributed by atoms with E-state index in [0.29, 0.717) is 18.7 Å². The maximum absolute atomic E-state index is 12.2. The molecule has 0 saturated carbocycles. The predicted octanol–water partition coefficient (Wildman–Crippen LogP) is 3.56. The number of rotatable bonds is 2. The third kappa shape index (κ3) is 4.48. The first-order valence-electron chi connectivity index (χ1n) is 8.45. The van der Waals surface area contributed by atoms with E-state index < -0.39 is 5.60 Å². The first-order chi connectivity index (χ1) is 11.2. The van der Waals surface area contributed by atoms with Crippen molar-refractivity contribution in [3.8, 4) is 6.07 Å². The number of hydrogen-bond acceptors (Lipinski definition) is 4. The maximum Gasteiger partial charge on any atom is 0.410 e. The molecular weight excluding hydrogens is 302 g/mol. The van der Waals surface area contributed by atoms with Crippen LogP contribution in [-0.4, -0.2) is 47.2 Å². The summed E-state index contributed by atoms with van der Waals surface area (Å²) in [5.41, 5.74) is 1.40. The molecule has 1 aliphatic rings. The van der Waals surface area contributed by atoms with Crippen LogP contribution in [0.5, 0.6) is 0 Å². The molecule has 1 fully saturated rings. The van der Waals surface area contributed by atoms with E-state index in [1.54, 1.807) is 4.90 Å². The average Bonchev–Trinajstić information content (AvgIpc) is 2.52. The minimum absolute atomic E-state index is 0.236. The number of benzene rings is 1. The van der Waals surface area contributed by atoms with Gasteiger partial charge in [0.25, 0.3) is 0 Å². The third-order valence-electron chi connectivity index (χ3n) is 4.35.